The van der Waals surface area contributed by atoms with Gasteiger partial charge in [0.15, 0.2) is 5.78 Å². The SMILES string of the molecule is Cc1cc(C)c(-c2ccc(Cl)cc2)cc1C1=C(OC(=O)CC(C)C)C2(CCCCC2)CC1=O. The summed E-state index contributed by atoms with van der Waals surface area (Å²) in [6.07, 6.45) is 5.90. The minimum Gasteiger partial charge on any atom is -0.430 e. The molecule has 0 heterocycles. The Kier molecular flexibility index (Phi) is 6.81. The molecule has 2 aliphatic carbocycles. The second kappa shape index (κ2) is 9.46. The van der Waals surface area contributed by atoms with E-state index >= 15 is 0 Å². The second-order valence-electron chi connectivity index (χ2n) is 10.2. The smallest absolute Gasteiger partial charge is 0.311 e. The van der Waals surface area contributed by atoms with E-state index < -0.39 is 0 Å². The topological polar surface area (TPSA) is 43.4 Å². The second-order valence-corrected chi connectivity index (χ2v) is 10.6. The van der Waals surface area contributed by atoms with Gasteiger partial charge in [0.2, 0.25) is 0 Å². The summed E-state index contributed by atoms with van der Waals surface area (Å²) in [5, 5.41) is 0.691. The van der Waals surface area contributed by atoms with Gasteiger partial charge in [-0.1, -0.05) is 62.9 Å². The van der Waals surface area contributed by atoms with E-state index in [1.165, 1.54) is 6.42 Å². The highest BCUT2D eigenvalue weighted by Gasteiger charge is 2.49. The normalized spacial score (nSPS) is 17.8. The maximum Gasteiger partial charge on any atom is 0.311 e. The van der Waals surface area contributed by atoms with Gasteiger partial charge in [0, 0.05) is 23.3 Å². The lowest BCUT2D eigenvalue weighted by molar-refractivity contribution is -0.142. The zero-order valence-electron chi connectivity index (χ0n) is 20.1. The lowest BCUT2D eigenvalue weighted by Crippen LogP contribution is -2.27. The first-order chi connectivity index (χ1) is 15.7. The van der Waals surface area contributed by atoms with Crippen LogP contribution in [0.2, 0.25) is 5.02 Å². The summed E-state index contributed by atoms with van der Waals surface area (Å²) < 4.78 is 6.10. The minimum atomic E-state index is -0.338. The van der Waals surface area contributed by atoms with Gasteiger partial charge in [-0.25, -0.2) is 0 Å². The number of carbonyl (C=O) groups is 2. The fraction of sp³-hybridized carbons (Fsp3) is 0.448. The van der Waals surface area contributed by atoms with E-state index in [2.05, 4.69) is 19.1 Å². The molecule has 0 N–H and O–H groups in total. The predicted molar refractivity (Wildman–Crippen MR) is 134 cm³/mol. The first kappa shape index (κ1) is 23.8. The number of benzene rings is 2. The van der Waals surface area contributed by atoms with Crippen molar-refractivity contribution in [3.05, 3.63) is 63.9 Å². The van der Waals surface area contributed by atoms with Gasteiger partial charge in [-0.05, 0) is 78.6 Å². The van der Waals surface area contributed by atoms with Gasteiger partial charge < -0.3 is 4.74 Å². The molecule has 1 fully saturated rings. The van der Waals surface area contributed by atoms with Crippen LogP contribution >= 0.6 is 11.6 Å². The first-order valence-electron chi connectivity index (χ1n) is 12.1. The third-order valence-corrected chi connectivity index (χ3v) is 7.34. The lowest BCUT2D eigenvalue weighted by Gasteiger charge is -2.34. The standard InChI is InChI=1S/C29H33ClO3/c1-18(2)14-26(32)33-28-27(25(31)17-29(28)12-6-5-7-13-29)24-16-23(19(3)15-20(24)4)21-8-10-22(30)11-9-21/h8-11,15-16,18H,5-7,12-14,17H2,1-4H3. The van der Waals surface area contributed by atoms with Gasteiger partial charge in [-0.2, -0.15) is 0 Å². The van der Waals surface area contributed by atoms with Crippen molar-refractivity contribution in [2.24, 2.45) is 11.3 Å². The maximum atomic E-state index is 13.5. The molecule has 0 bridgehead atoms. The minimum absolute atomic E-state index is 0.0956. The zero-order valence-corrected chi connectivity index (χ0v) is 20.8. The summed E-state index contributed by atoms with van der Waals surface area (Å²) in [6, 6.07) is 12.0. The lowest BCUT2D eigenvalue weighted by atomic mass is 9.72. The number of hydrogen-bond donors (Lipinski definition) is 0. The average Bonchev–Trinajstić information content (AvgIpc) is 2.99. The predicted octanol–water partition coefficient (Wildman–Crippen LogP) is 7.85. The molecule has 2 aromatic carbocycles. The molecule has 2 aliphatic rings. The van der Waals surface area contributed by atoms with Crippen LogP contribution in [0.1, 0.15) is 75.5 Å². The Morgan fingerprint density at radius 3 is 2.27 bits per heavy atom. The molecule has 4 rings (SSSR count). The number of carbonyl (C=O) groups excluding carboxylic acids is 2. The molecular weight excluding hydrogens is 432 g/mol. The number of rotatable bonds is 5. The van der Waals surface area contributed by atoms with Crippen LogP contribution in [-0.4, -0.2) is 11.8 Å². The summed E-state index contributed by atoms with van der Waals surface area (Å²) in [5.74, 6) is 0.698. The van der Waals surface area contributed by atoms with Crippen LogP contribution in [0.15, 0.2) is 42.2 Å². The van der Waals surface area contributed by atoms with Crippen LogP contribution in [0.5, 0.6) is 0 Å². The Hall–Kier alpha value is -2.39. The Labute approximate surface area is 202 Å². The van der Waals surface area contributed by atoms with Crippen molar-refractivity contribution in [1.82, 2.24) is 0 Å². The quantitative estimate of drug-likeness (QED) is 0.423. The molecular formula is C29H33ClO3. The third-order valence-electron chi connectivity index (χ3n) is 7.08. The molecule has 1 saturated carbocycles. The van der Waals surface area contributed by atoms with Crippen molar-refractivity contribution in [1.29, 1.82) is 0 Å². The van der Waals surface area contributed by atoms with Gasteiger partial charge in [0.1, 0.15) is 5.76 Å². The molecule has 0 radical (unpaired) electrons. The number of aryl methyl sites for hydroxylation is 2. The van der Waals surface area contributed by atoms with Crippen molar-refractivity contribution < 1.29 is 14.3 Å². The largest absolute Gasteiger partial charge is 0.430 e. The fourth-order valence-electron chi connectivity index (χ4n) is 5.48. The summed E-state index contributed by atoms with van der Waals surface area (Å²) in [4.78, 5) is 26.3. The molecule has 174 valence electrons. The third kappa shape index (κ3) is 4.80. The van der Waals surface area contributed by atoms with Gasteiger partial charge in [-0.3, -0.25) is 9.59 Å². The molecule has 4 heteroatoms. The number of esters is 1. The van der Waals surface area contributed by atoms with Crippen molar-refractivity contribution in [3.8, 4) is 11.1 Å². The highest BCUT2D eigenvalue weighted by atomic mass is 35.5. The van der Waals surface area contributed by atoms with Crippen molar-refractivity contribution in [2.75, 3.05) is 0 Å². The summed E-state index contributed by atoms with van der Waals surface area (Å²) in [7, 11) is 0. The van der Waals surface area contributed by atoms with E-state index in [1.807, 2.05) is 45.0 Å². The number of allylic oxidation sites excluding steroid dienone is 2. The molecule has 1 spiro atoms. The Balaban J connectivity index is 1.87. The van der Waals surface area contributed by atoms with E-state index in [9.17, 15) is 9.59 Å². The summed E-state index contributed by atoms with van der Waals surface area (Å²) in [6.45, 7) is 8.13. The monoisotopic (exact) mass is 464 g/mol. The number of ether oxygens (including phenoxy) is 1. The van der Waals surface area contributed by atoms with Crippen molar-refractivity contribution in [2.45, 2.75) is 72.6 Å². The molecule has 0 aromatic heterocycles. The van der Waals surface area contributed by atoms with Crippen LogP contribution in [0, 0.1) is 25.2 Å². The maximum absolute atomic E-state index is 13.5. The van der Waals surface area contributed by atoms with Gasteiger partial charge in [-0.15, -0.1) is 0 Å². The number of hydrogen-bond acceptors (Lipinski definition) is 3. The van der Waals surface area contributed by atoms with E-state index in [4.69, 9.17) is 16.3 Å². The highest BCUT2D eigenvalue weighted by Crippen LogP contribution is 2.54. The van der Waals surface area contributed by atoms with E-state index in [0.29, 0.717) is 29.2 Å². The zero-order chi connectivity index (χ0) is 23.8. The van der Waals surface area contributed by atoms with Crippen LogP contribution in [0.25, 0.3) is 16.7 Å². The van der Waals surface area contributed by atoms with Gasteiger partial charge in [0.05, 0.1) is 5.57 Å². The van der Waals surface area contributed by atoms with E-state index in [-0.39, 0.29) is 23.1 Å². The van der Waals surface area contributed by atoms with Crippen LogP contribution < -0.4 is 0 Å². The fourth-order valence-corrected chi connectivity index (χ4v) is 5.61. The molecule has 2 aromatic rings. The Morgan fingerprint density at radius 2 is 1.64 bits per heavy atom. The van der Waals surface area contributed by atoms with E-state index in [0.717, 1.165) is 53.5 Å². The van der Waals surface area contributed by atoms with Crippen molar-refractivity contribution >= 4 is 28.9 Å². The van der Waals surface area contributed by atoms with E-state index in [1.54, 1.807) is 0 Å². The van der Waals surface area contributed by atoms with Crippen LogP contribution in [0.4, 0.5) is 0 Å². The Bertz CT molecular complexity index is 1100. The number of ketones is 1. The van der Waals surface area contributed by atoms with Gasteiger partial charge >= 0.3 is 5.97 Å². The molecule has 33 heavy (non-hydrogen) atoms. The average molecular weight is 465 g/mol. The number of Topliss-reactive ketones (excluding diaryl/α,β-unsaturated/α-hetero) is 1. The van der Waals surface area contributed by atoms with Gasteiger partial charge in [0.25, 0.3) is 0 Å². The summed E-state index contributed by atoms with van der Waals surface area (Å²) >= 11 is 6.10. The molecule has 3 nitrogen and oxygen atoms in total. The summed E-state index contributed by atoms with van der Waals surface area (Å²) in [5.41, 5.74) is 5.43. The van der Waals surface area contributed by atoms with Crippen molar-refractivity contribution in [3.63, 3.8) is 0 Å². The molecule has 0 aliphatic heterocycles. The highest BCUT2D eigenvalue weighted by molar-refractivity contribution is 6.30. The van der Waals surface area contributed by atoms with Crippen LogP contribution in [0.3, 0.4) is 0 Å². The molecule has 0 saturated heterocycles. The van der Waals surface area contributed by atoms with Crippen LogP contribution in [-0.2, 0) is 14.3 Å². The first-order valence-corrected chi connectivity index (χ1v) is 12.4. The molecule has 0 unspecified atom stereocenters. The number of halogens is 1. The molecule has 0 amide bonds. The molecule has 0 atom stereocenters. The Morgan fingerprint density at radius 1 is 1.00 bits per heavy atom.